The molecule has 1 aliphatic rings. The van der Waals surface area contributed by atoms with Crippen LogP contribution in [0.15, 0.2) is 73.1 Å². The fourth-order valence-electron chi connectivity index (χ4n) is 4.25. The standard InChI is InChI=1S/C26H26N4O/c1-19-6-5-15-30(17-19)24-11-13-27-23-10-9-21(16-22(23)24)26-28-14-12-25(29-26)31-18-20-7-3-2-4-8-20/h2-4,7-14,16,19H,5-6,15,17-18H2,1H3. The summed E-state index contributed by atoms with van der Waals surface area (Å²) in [6, 6.07) is 20.3. The number of aromatic nitrogens is 3. The molecule has 5 nitrogen and oxygen atoms in total. The maximum atomic E-state index is 5.90. The molecule has 5 heteroatoms. The average Bonchev–Trinajstić information content (AvgIpc) is 2.83. The molecule has 0 N–H and O–H groups in total. The second-order valence-electron chi connectivity index (χ2n) is 8.25. The molecule has 0 spiro atoms. The van der Waals surface area contributed by atoms with E-state index >= 15 is 0 Å². The molecule has 31 heavy (non-hydrogen) atoms. The number of rotatable bonds is 5. The lowest BCUT2D eigenvalue weighted by Crippen LogP contribution is -2.34. The maximum absolute atomic E-state index is 5.90. The van der Waals surface area contributed by atoms with E-state index in [2.05, 4.69) is 45.0 Å². The molecule has 0 radical (unpaired) electrons. The predicted octanol–water partition coefficient (Wildman–Crippen LogP) is 5.51. The highest BCUT2D eigenvalue weighted by Crippen LogP contribution is 2.32. The molecular weight excluding hydrogens is 384 g/mol. The molecule has 0 amide bonds. The van der Waals surface area contributed by atoms with Crippen molar-refractivity contribution in [3.63, 3.8) is 0 Å². The second kappa shape index (κ2) is 8.72. The smallest absolute Gasteiger partial charge is 0.217 e. The van der Waals surface area contributed by atoms with Crippen molar-refractivity contribution in [2.45, 2.75) is 26.4 Å². The monoisotopic (exact) mass is 410 g/mol. The van der Waals surface area contributed by atoms with Crippen molar-refractivity contribution in [1.82, 2.24) is 15.0 Å². The number of piperidine rings is 1. The molecule has 1 saturated heterocycles. The summed E-state index contributed by atoms with van der Waals surface area (Å²) in [4.78, 5) is 16.2. The van der Waals surface area contributed by atoms with E-state index in [1.54, 1.807) is 12.3 Å². The van der Waals surface area contributed by atoms with Crippen LogP contribution in [0.3, 0.4) is 0 Å². The Balaban J connectivity index is 1.44. The summed E-state index contributed by atoms with van der Waals surface area (Å²) < 4.78 is 5.90. The zero-order valence-electron chi connectivity index (χ0n) is 17.7. The van der Waals surface area contributed by atoms with Gasteiger partial charge in [0.2, 0.25) is 5.88 Å². The molecule has 1 unspecified atom stereocenters. The molecule has 5 rings (SSSR count). The zero-order valence-corrected chi connectivity index (χ0v) is 17.7. The number of hydrogen-bond acceptors (Lipinski definition) is 5. The van der Waals surface area contributed by atoms with E-state index in [1.165, 1.54) is 18.5 Å². The van der Waals surface area contributed by atoms with Crippen molar-refractivity contribution in [1.29, 1.82) is 0 Å². The van der Waals surface area contributed by atoms with Crippen LogP contribution >= 0.6 is 0 Å². The Labute approximate surface area is 182 Å². The van der Waals surface area contributed by atoms with E-state index in [-0.39, 0.29) is 0 Å². The Morgan fingerprint density at radius 1 is 1.00 bits per heavy atom. The summed E-state index contributed by atoms with van der Waals surface area (Å²) in [5, 5.41) is 1.15. The number of ether oxygens (including phenoxy) is 1. The number of benzene rings is 2. The van der Waals surface area contributed by atoms with Gasteiger partial charge in [0.15, 0.2) is 5.82 Å². The highest BCUT2D eigenvalue weighted by atomic mass is 16.5. The summed E-state index contributed by atoms with van der Waals surface area (Å²) in [6.45, 7) is 4.99. The minimum atomic E-state index is 0.482. The van der Waals surface area contributed by atoms with Gasteiger partial charge in [-0.15, -0.1) is 0 Å². The minimum Gasteiger partial charge on any atom is -0.473 e. The van der Waals surface area contributed by atoms with Gasteiger partial charge in [-0.2, -0.15) is 4.98 Å². The van der Waals surface area contributed by atoms with Crippen LogP contribution in [0.5, 0.6) is 5.88 Å². The molecule has 3 heterocycles. The SMILES string of the molecule is CC1CCCN(c2ccnc3ccc(-c4nccc(OCc5ccccc5)n4)cc23)C1. The molecule has 1 aliphatic heterocycles. The van der Waals surface area contributed by atoms with E-state index in [0.29, 0.717) is 24.2 Å². The predicted molar refractivity (Wildman–Crippen MR) is 124 cm³/mol. The molecule has 2 aromatic carbocycles. The molecule has 0 saturated carbocycles. The van der Waals surface area contributed by atoms with Crippen LogP contribution in [0.1, 0.15) is 25.3 Å². The molecule has 2 aromatic heterocycles. The van der Waals surface area contributed by atoms with Gasteiger partial charge in [0.25, 0.3) is 0 Å². The van der Waals surface area contributed by atoms with E-state index in [9.17, 15) is 0 Å². The van der Waals surface area contributed by atoms with Crippen molar-refractivity contribution in [3.05, 3.63) is 78.6 Å². The number of pyridine rings is 1. The van der Waals surface area contributed by atoms with Crippen LogP contribution in [0.2, 0.25) is 0 Å². The first-order chi connectivity index (χ1) is 15.3. The molecule has 0 bridgehead atoms. The topological polar surface area (TPSA) is 51.1 Å². The lowest BCUT2D eigenvalue weighted by molar-refractivity contribution is 0.293. The van der Waals surface area contributed by atoms with Crippen molar-refractivity contribution in [3.8, 4) is 17.3 Å². The van der Waals surface area contributed by atoms with Crippen molar-refractivity contribution in [2.75, 3.05) is 18.0 Å². The lowest BCUT2D eigenvalue weighted by Gasteiger charge is -2.33. The molecular formula is C26H26N4O. The molecule has 4 aromatic rings. The summed E-state index contributed by atoms with van der Waals surface area (Å²) in [6.07, 6.45) is 6.19. The van der Waals surface area contributed by atoms with Crippen LogP contribution < -0.4 is 9.64 Å². The largest absolute Gasteiger partial charge is 0.473 e. The third kappa shape index (κ3) is 4.36. The summed E-state index contributed by atoms with van der Waals surface area (Å²) in [7, 11) is 0. The van der Waals surface area contributed by atoms with Gasteiger partial charge in [-0.05, 0) is 48.6 Å². The first kappa shape index (κ1) is 19.5. The fraction of sp³-hybridized carbons (Fsp3) is 0.269. The Kier molecular flexibility index (Phi) is 5.48. The highest BCUT2D eigenvalue weighted by molar-refractivity contribution is 5.94. The van der Waals surface area contributed by atoms with Gasteiger partial charge in [0, 0.05) is 48.2 Å². The zero-order chi connectivity index (χ0) is 21.0. The van der Waals surface area contributed by atoms with Gasteiger partial charge >= 0.3 is 0 Å². The highest BCUT2D eigenvalue weighted by Gasteiger charge is 2.19. The maximum Gasteiger partial charge on any atom is 0.217 e. The van der Waals surface area contributed by atoms with Gasteiger partial charge in [-0.25, -0.2) is 4.98 Å². The first-order valence-corrected chi connectivity index (χ1v) is 10.9. The normalized spacial score (nSPS) is 16.4. The number of anilines is 1. The van der Waals surface area contributed by atoms with Crippen LogP contribution in [-0.2, 0) is 6.61 Å². The van der Waals surface area contributed by atoms with Gasteiger partial charge in [-0.3, -0.25) is 4.98 Å². The lowest BCUT2D eigenvalue weighted by atomic mass is 9.99. The van der Waals surface area contributed by atoms with Crippen LogP contribution in [0.4, 0.5) is 5.69 Å². The fourth-order valence-corrected chi connectivity index (χ4v) is 4.25. The Hall–Kier alpha value is -3.47. The third-order valence-electron chi connectivity index (χ3n) is 5.83. The second-order valence-corrected chi connectivity index (χ2v) is 8.25. The summed E-state index contributed by atoms with van der Waals surface area (Å²) >= 11 is 0. The molecule has 156 valence electrons. The molecule has 1 atom stereocenters. The number of fused-ring (bicyclic) bond motifs is 1. The van der Waals surface area contributed by atoms with Gasteiger partial charge < -0.3 is 9.64 Å². The number of hydrogen-bond donors (Lipinski definition) is 0. The average molecular weight is 411 g/mol. The molecule has 1 fully saturated rings. The van der Waals surface area contributed by atoms with Crippen LogP contribution in [0.25, 0.3) is 22.3 Å². The van der Waals surface area contributed by atoms with Crippen molar-refractivity contribution < 1.29 is 4.74 Å². The van der Waals surface area contributed by atoms with E-state index < -0.39 is 0 Å². The first-order valence-electron chi connectivity index (χ1n) is 10.9. The Bertz CT molecular complexity index is 1180. The van der Waals surface area contributed by atoms with Gasteiger partial charge in [-0.1, -0.05) is 37.3 Å². The van der Waals surface area contributed by atoms with Crippen molar-refractivity contribution >= 4 is 16.6 Å². The van der Waals surface area contributed by atoms with E-state index in [4.69, 9.17) is 4.74 Å². The third-order valence-corrected chi connectivity index (χ3v) is 5.83. The van der Waals surface area contributed by atoms with Crippen LogP contribution in [-0.4, -0.2) is 28.0 Å². The van der Waals surface area contributed by atoms with Gasteiger partial charge in [0.1, 0.15) is 6.61 Å². The Morgan fingerprint density at radius 3 is 2.74 bits per heavy atom. The summed E-state index contributed by atoms with van der Waals surface area (Å²) in [5.74, 6) is 1.95. The van der Waals surface area contributed by atoms with E-state index in [0.717, 1.165) is 35.1 Å². The van der Waals surface area contributed by atoms with Crippen LogP contribution in [0, 0.1) is 5.92 Å². The number of nitrogens with zero attached hydrogens (tertiary/aromatic N) is 4. The van der Waals surface area contributed by atoms with E-state index in [1.807, 2.05) is 42.6 Å². The van der Waals surface area contributed by atoms with Crippen molar-refractivity contribution in [2.24, 2.45) is 5.92 Å². The van der Waals surface area contributed by atoms with Gasteiger partial charge in [0.05, 0.1) is 5.52 Å². The Morgan fingerprint density at radius 2 is 1.87 bits per heavy atom. The minimum absolute atomic E-state index is 0.482. The quantitative estimate of drug-likeness (QED) is 0.434. The molecule has 0 aliphatic carbocycles. The summed E-state index contributed by atoms with van der Waals surface area (Å²) in [5.41, 5.74) is 4.32.